The Hall–Kier alpha value is -0.130. The molecule has 1 N–H and O–H groups in total. The van der Waals surface area contributed by atoms with E-state index in [1.54, 1.807) is 0 Å². The maximum atomic E-state index is 12.0. The largest absolute Gasteiger partial charge is 0.381 e. The van der Waals surface area contributed by atoms with Crippen LogP contribution in [0.25, 0.3) is 0 Å². The van der Waals surface area contributed by atoms with Gasteiger partial charge in [-0.1, -0.05) is 48.5 Å². The zero-order chi connectivity index (χ0) is 16.0. The van der Waals surface area contributed by atoms with Gasteiger partial charge >= 0.3 is 0 Å². The van der Waals surface area contributed by atoms with Gasteiger partial charge in [0, 0.05) is 12.6 Å². The molecule has 0 unspecified atom stereocenters. The predicted octanol–water partition coefficient (Wildman–Crippen LogP) is 3.04. The topological polar surface area (TPSA) is 55.4 Å². The zero-order valence-corrected chi connectivity index (χ0v) is 15.0. The Labute approximate surface area is 125 Å². The Morgan fingerprint density at radius 2 is 1.55 bits per heavy atom. The lowest BCUT2D eigenvalue weighted by atomic mass is 9.94. The number of hydrogen-bond acceptors (Lipinski definition) is 3. The minimum Gasteiger partial charge on any atom is -0.381 e. The lowest BCUT2D eigenvalue weighted by molar-refractivity contribution is 0.0720. The first-order chi connectivity index (χ1) is 8.94. The van der Waals surface area contributed by atoms with E-state index < -0.39 is 10.0 Å². The highest BCUT2D eigenvalue weighted by Crippen LogP contribution is 2.14. The van der Waals surface area contributed by atoms with E-state index in [1.165, 1.54) is 0 Å². The Kier molecular flexibility index (Phi) is 8.29. The van der Waals surface area contributed by atoms with Crippen molar-refractivity contribution in [3.8, 4) is 0 Å². The Morgan fingerprint density at radius 1 is 1.05 bits per heavy atom. The van der Waals surface area contributed by atoms with Crippen molar-refractivity contribution in [3.63, 3.8) is 0 Å². The second-order valence-electron chi connectivity index (χ2n) is 7.42. The summed E-state index contributed by atoms with van der Waals surface area (Å²) >= 11 is 0. The highest BCUT2D eigenvalue weighted by molar-refractivity contribution is 7.89. The molecule has 5 heteroatoms. The molecule has 4 nitrogen and oxygen atoms in total. The maximum absolute atomic E-state index is 12.0. The zero-order valence-electron chi connectivity index (χ0n) is 14.2. The minimum atomic E-state index is -3.22. The van der Waals surface area contributed by atoms with Crippen LogP contribution in [0.4, 0.5) is 0 Å². The lowest BCUT2D eigenvalue weighted by Crippen LogP contribution is -2.43. The Balaban J connectivity index is 4.14. The monoisotopic (exact) mass is 307 g/mol. The molecule has 20 heavy (non-hydrogen) atoms. The molecule has 0 amide bonds. The second kappa shape index (κ2) is 8.35. The van der Waals surface area contributed by atoms with Gasteiger partial charge in [0.05, 0.1) is 12.4 Å². The summed E-state index contributed by atoms with van der Waals surface area (Å²) in [4.78, 5) is 0. The van der Waals surface area contributed by atoms with Gasteiger partial charge in [-0.3, -0.25) is 0 Å². The molecule has 0 heterocycles. The average molecular weight is 308 g/mol. The van der Waals surface area contributed by atoms with Gasteiger partial charge in [-0.25, -0.2) is 13.1 Å². The predicted molar refractivity (Wildman–Crippen MR) is 85.3 cm³/mol. The van der Waals surface area contributed by atoms with Crippen LogP contribution < -0.4 is 4.72 Å². The molecule has 0 spiro atoms. The van der Waals surface area contributed by atoms with Crippen molar-refractivity contribution in [1.82, 2.24) is 4.72 Å². The molecule has 0 bridgehead atoms. The number of sulfonamides is 1. The highest BCUT2D eigenvalue weighted by atomic mass is 32.2. The van der Waals surface area contributed by atoms with E-state index in [0.717, 1.165) is 0 Å². The molecule has 0 saturated carbocycles. The summed E-state index contributed by atoms with van der Waals surface area (Å²) in [6.07, 6.45) is 0.536. The standard InChI is InChI=1S/C15H33NO3S/c1-12(2)14(13(3)4)16-20(17,18)10-8-9-19-11-15(5,6)7/h12-14,16H,8-11H2,1-7H3. The van der Waals surface area contributed by atoms with Gasteiger partial charge < -0.3 is 4.74 Å². The van der Waals surface area contributed by atoms with Gasteiger partial charge in [-0.15, -0.1) is 0 Å². The van der Waals surface area contributed by atoms with E-state index in [4.69, 9.17) is 4.74 Å². The minimum absolute atomic E-state index is 0.00417. The van der Waals surface area contributed by atoms with Gasteiger partial charge in [0.1, 0.15) is 0 Å². The van der Waals surface area contributed by atoms with Gasteiger partial charge in [-0.2, -0.15) is 0 Å². The molecule has 0 rings (SSSR count). The molecule has 0 fully saturated rings. The fraction of sp³-hybridized carbons (Fsp3) is 1.00. The summed E-state index contributed by atoms with van der Waals surface area (Å²) in [5.41, 5.74) is 0.123. The fourth-order valence-corrected chi connectivity index (χ4v) is 3.61. The molecule has 0 aliphatic heterocycles. The van der Waals surface area contributed by atoms with Gasteiger partial charge in [-0.05, 0) is 23.7 Å². The molecular weight excluding hydrogens is 274 g/mol. The van der Waals surface area contributed by atoms with Crippen molar-refractivity contribution < 1.29 is 13.2 Å². The fourth-order valence-electron chi connectivity index (χ4n) is 2.04. The third-order valence-electron chi connectivity index (χ3n) is 2.99. The first-order valence-corrected chi connectivity index (χ1v) is 9.17. The number of hydrogen-bond donors (Lipinski definition) is 1. The van der Waals surface area contributed by atoms with Crippen molar-refractivity contribution >= 4 is 10.0 Å². The molecule has 0 aromatic heterocycles. The Bertz CT molecular complexity index is 348. The van der Waals surface area contributed by atoms with Crippen LogP contribution in [0, 0.1) is 17.3 Å². The van der Waals surface area contributed by atoms with Crippen LogP contribution in [-0.4, -0.2) is 33.4 Å². The Morgan fingerprint density at radius 3 is 1.95 bits per heavy atom. The van der Waals surface area contributed by atoms with E-state index in [-0.39, 0.29) is 17.2 Å². The molecule has 0 radical (unpaired) electrons. The van der Waals surface area contributed by atoms with Crippen LogP contribution in [0.3, 0.4) is 0 Å². The van der Waals surface area contributed by atoms with Crippen molar-refractivity contribution in [2.24, 2.45) is 17.3 Å². The SMILES string of the molecule is CC(C)C(NS(=O)(=O)CCCOCC(C)(C)C)C(C)C. The van der Waals surface area contributed by atoms with E-state index in [2.05, 4.69) is 25.5 Å². The molecule has 0 atom stereocenters. The molecule has 0 aromatic carbocycles. The molecule has 0 aliphatic rings. The third-order valence-corrected chi connectivity index (χ3v) is 4.45. The van der Waals surface area contributed by atoms with Crippen LogP contribution in [-0.2, 0) is 14.8 Å². The average Bonchev–Trinajstić information content (AvgIpc) is 2.23. The first-order valence-electron chi connectivity index (χ1n) is 7.52. The van der Waals surface area contributed by atoms with E-state index in [0.29, 0.717) is 31.5 Å². The number of nitrogens with one attached hydrogen (secondary N) is 1. The maximum Gasteiger partial charge on any atom is 0.211 e. The summed E-state index contributed by atoms with van der Waals surface area (Å²) in [7, 11) is -3.22. The molecule has 0 saturated heterocycles. The lowest BCUT2D eigenvalue weighted by Gasteiger charge is -2.25. The summed E-state index contributed by atoms with van der Waals surface area (Å²) in [6, 6.07) is -0.00417. The van der Waals surface area contributed by atoms with Crippen LogP contribution in [0.15, 0.2) is 0 Å². The van der Waals surface area contributed by atoms with Crippen molar-refractivity contribution in [3.05, 3.63) is 0 Å². The van der Waals surface area contributed by atoms with Crippen LogP contribution in [0.5, 0.6) is 0 Å². The number of rotatable bonds is 9. The quantitative estimate of drug-likeness (QED) is 0.666. The van der Waals surface area contributed by atoms with Crippen LogP contribution in [0.1, 0.15) is 54.9 Å². The normalized spacial score (nSPS) is 13.7. The van der Waals surface area contributed by atoms with Gasteiger partial charge in [0.15, 0.2) is 0 Å². The van der Waals surface area contributed by atoms with E-state index in [9.17, 15) is 8.42 Å². The highest BCUT2D eigenvalue weighted by Gasteiger charge is 2.23. The summed E-state index contributed by atoms with van der Waals surface area (Å²) in [6.45, 7) is 15.6. The van der Waals surface area contributed by atoms with Crippen LogP contribution in [0.2, 0.25) is 0 Å². The van der Waals surface area contributed by atoms with E-state index in [1.807, 2.05) is 27.7 Å². The second-order valence-corrected chi connectivity index (χ2v) is 9.29. The van der Waals surface area contributed by atoms with Crippen LogP contribution >= 0.6 is 0 Å². The number of ether oxygens (including phenoxy) is 1. The summed E-state index contributed by atoms with van der Waals surface area (Å²) in [5, 5.41) is 0. The molecule has 0 aromatic rings. The summed E-state index contributed by atoms with van der Waals surface area (Å²) < 4.78 is 32.4. The van der Waals surface area contributed by atoms with Crippen molar-refractivity contribution in [2.75, 3.05) is 19.0 Å². The smallest absolute Gasteiger partial charge is 0.211 e. The van der Waals surface area contributed by atoms with E-state index >= 15 is 0 Å². The molecule has 0 aliphatic carbocycles. The van der Waals surface area contributed by atoms with Gasteiger partial charge in [0.25, 0.3) is 0 Å². The molecule has 122 valence electrons. The van der Waals surface area contributed by atoms with Crippen molar-refractivity contribution in [1.29, 1.82) is 0 Å². The summed E-state index contributed by atoms with van der Waals surface area (Å²) in [5.74, 6) is 0.719. The molecular formula is C15H33NO3S. The van der Waals surface area contributed by atoms with Crippen molar-refractivity contribution in [2.45, 2.75) is 60.9 Å². The first kappa shape index (κ1) is 19.9. The third kappa shape index (κ3) is 9.72. The van der Waals surface area contributed by atoms with Gasteiger partial charge in [0.2, 0.25) is 10.0 Å².